The van der Waals surface area contributed by atoms with Crippen LogP contribution in [0.15, 0.2) is 11.4 Å². The molecule has 0 N–H and O–H groups in total. The quantitative estimate of drug-likeness (QED) is 0.266. The summed E-state index contributed by atoms with van der Waals surface area (Å²) in [6, 6.07) is 0. The molecule has 0 unspecified atom stereocenters. The number of nitro groups is 1. The third-order valence-corrected chi connectivity index (χ3v) is 2.96. The first kappa shape index (κ1) is 13.7. The van der Waals surface area contributed by atoms with Gasteiger partial charge in [-0.15, -0.1) is 0 Å². The van der Waals surface area contributed by atoms with Crippen molar-refractivity contribution in [1.82, 2.24) is 9.97 Å². The highest BCUT2D eigenvalue weighted by molar-refractivity contribution is 7.99. The predicted octanol–water partition coefficient (Wildman–Crippen LogP) is 1.69. The molecule has 0 saturated carbocycles. The average Bonchev–Trinajstić information content (AvgIpc) is 2.28. The Morgan fingerprint density at radius 1 is 1.65 bits per heavy atom. The van der Waals surface area contributed by atoms with E-state index in [1.165, 1.54) is 7.11 Å². The van der Waals surface area contributed by atoms with Gasteiger partial charge in [0, 0.05) is 5.75 Å². The van der Waals surface area contributed by atoms with Gasteiger partial charge >= 0.3 is 11.7 Å². The summed E-state index contributed by atoms with van der Waals surface area (Å²) >= 11 is 6.65. The highest BCUT2D eigenvalue weighted by Gasteiger charge is 2.21. The van der Waals surface area contributed by atoms with E-state index in [-0.39, 0.29) is 28.3 Å². The van der Waals surface area contributed by atoms with E-state index in [1.807, 2.05) is 0 Å². The summed E-state index contributed by atoms with van der Waals surface area (Å²) in [5.74, 6) is -0.0683. The molecule has 17 heavy (non-hydrogen) atoms. The normalized spacial score (nSPS) is 10.0. The zero-order valence-electron chi connectivity index (χ0n) is 8.75. The van der Waals surface area contributed by atoms with Gasteiger partial charge in [0.05, 0.1) is 18.5 Å². The molecule has 0 radical (unpaired) electrons. The van der Waals surface area contributed by atoms with Crippen LogP contribution in [0.4, 0.5) is 5.69 Å². The van der Waals surface area contributed by atoms with Crippen LogP contribution < -0.4 is 0 Å². The van der Waals surface area contributed by atoms with Crippen molar-refractivity contribution < 1.29 is 14.5 Å². The van der Waals surface area contributed by atoms with Crippen LogP contribution in [0.3, 0.4) is 0 Å². The lowest BCUT2D eigenvalue weighted by Crippen LogP contribution is -2.02. The molecule has 1 heterocycles. The molecule has 1 aromatic heterocycles. The van der Waals surface area contributed by atoms with Gasteiger partial charge < -0.3 is 4.74 Å². The van der Waals surface area contributed by atoms with Gasteiger partial charge in [-0.25, -0.2) is 9.97 Å². The van der Waals surface area contributed by atoms with Gasteiger partial charge in [0.15, 0.2) is 5.03 Å². The summed E-state index contributed by atoms with van der Waals surface area (Å²) in [7, 11) is 1.27. The van der Waals surface area contributed by atoms with Crippen LogP contribution in [0.2, 0.25) is 5.15 Å². The van der Waals surface area contributed by atoms with Crippen molar-refractivity contribution in [1.29, 1.82) is 0 Å². The van der Waals surface area contributed by atoms with Crippen LogP contribution in [-0.4, -0.2) is 33.7 Å². The first-order valence-electron chi connectivity index (χ1n) is 4.40. The number of methoxy groups -OCH3 is 1. The second-order valence-electron chi connectivity index (χ2n) is 2.75. The first-order chi connectivity index (χ1) is 8.06. The van der Waals surface area contributed by atoms with E-state index in [2.05, 4.69) is 14.7 Å². The molecule has 0 aliphatic rings. The van der Waals surface area contributed by atoms with E-state index in [0.29, 0.717) is 5.75 Å². The Morgan fingerprint density at radius 2 is 2.35 bits per heavy atom. The number of rotatable bonds is 5. The third-order valence-electron chi connectivity index (χ3n) is 1.70. The average molecular weight is 278 g/mol. The SMILES string of the molecule is COC(=O)CCSc1ncnc(Cl)c1[N+](=O)[O-]. The van der Waals surface area contributed by atoms with E-state index in [0.717, 1.165) is 18.1 Å². The summed E-state index contributed by atoms with van der Waals surface area (Å²) in [5.41, 5.74) is -0.343. The Bertz CT molecular complexity index is 443. The summed E-state index contributed by atoms with van der Waals surface area (Å²) < 4.78 is 4.44. The van der Waals surface area contributed by atoms with E-state index in [4.69, 9.17) is 11.6 Å². The maximum atomic E-state index is 10.9. The molecular formula is C8H8ClN3O4S. The molecule has 0 fully saturated rings. The minimum absolute atomic E-state index is 0.138. The Morgan fingerprint density at radius 3 is 2.94 bits per heavy atom. The molecule has 0 saturated heterocycles. The third kappa shape index (κ3) is 3.82. The van der Waals surface area contributed by atoms with Crippen LogP contribution in [-0.2, 0) is 9.53 Å². The van der Waals surface area contributed by atoms with Crippen LogP contribution in [0, 0.1) is 10.1 Å². The van der Waals surface area contributed by atoms with Crippen molar-refractivity contribution in [2.24, 2.45) is 0 Å². The lowest BCUT2D eigenvalue weighted by Gasteiger charge is -2.01. The number of thioether (sulfide) groups is 1. The van der Waals surface area contributed by atoms with Gasteiger partial charge in [-0.3, -0.25) is 14.9 Å². The van der Waals surface area contributed by atoms with Gasteiger partial charge in [0.2, 0.25) is 5.15 Å². The molecule has 92 valence electrons. The number of aromatic nitrogens is 2. The zero-order chi connectivity index (χ0) is 12.8. The first-order valence-corrected chi connectivity index (χ1v) is 5.77. The second kappa shape index (κ2) is 6.36. The molecule has 0 aliphatic heterocycles. The number of hydrogen-bond acceptors (Lipinski definition) is 7. The number of ether oxygens (including phenoxy) is 1. The fourth-order valence-corrected chi connectivity index (χ4v) is 2.08. The van der Waals surface area contributed by atoms with Crippen LogP contribution in [0.5, 0.6) is 0 Å². The maximum Gasteiger partial charge on any atom is 0.338 e. The maximum absolute atomic E-state index is 10.9. The molecule has 0 atom stereocenters. The molecule has 0 aromatic carbocycles. The Balaban J connectivity index is 2.74. The molecule has 1 aromatic rings. The fourth-order valence-electron chi connectivity index (χ4n) is 0.935. The number of halogens is 1. The largest absolute Gasteiger partial charge is 0.469 e. The number of carbonyl (C=O) groups excluding carboxylic acids is 1. The second-order valence-corrected chi connectivity index (χ2v) is 4.19. The van der Waals surface area contributed by atoms with Crippen molar-refractivity contribution in [3.63, 3.8) is 0 Å². The van der Waals surface area contributed by atoms with Gasteiger partial charge in [-0.2, -0.15) is 0 Å². The number of esters is 1. The topological polar surface area (TPSA) is 95.2 Å². The lowest BCUT2D eigenvalue weighted by molar-refractivity contribution is -0.388. The van der Waals surface area contributed by atoms with Crippen molar-refractivity contribution in [3.8, 4) is 0 Å². The Hall–Kier alpha value is -1.41. The minimum Gasteiger partial charge on any atom is -0.469 e. The molecule has 9 heteroatoms. The van der Waals surface area contributed by atoms with Gasteiger partial charge in [0.1, 0.15) is 6.33 Å². The highest BCUT2D eigenvalue weighted by atomic mass is 35.5. The predicted molar refractivity (Wildman–Crippen MR) is 61.1 cm³/mol. The van der Waals surface area contributed by atoms with Crippen molar-refractivity contribution >= 4 is 35.0 Å². The van der Waals surface area contributed by atoms with E-state index in [1.54, 1.807) is 0 Å². The number of carbonyl (C=O) groups is 1. The fraction of sp³-hybridized carbons (Fsp3) is 0.375. The van der Waals surface area contributed by atoms with Crippen molar-refractivity contribution in [2.45, 2.75) is 11.4 Å². The summed E-state index contributed by atoms with van der Waals surface area (Å²) in [4.78, 5) is 28.2. The highest BCUT2D eigenvalue weighted by Crippen LogP contribution is 2.31. The van der Waals surface area contributed by atoms with E-state index >= 15 is 0 Å². The Labute approximate surface area is 106 Å². The smallest absolute Gasteiger partial charge is 0.338 e. The standard InChI is InChI=1S/C8H8ClN3O4S/c1-16-5(13)2-3-17-8-6(12(14)15)7(9)10-4-11-8/h4H,2-3H2,1H3. The molecule has 0 spiro atoms. The van der Waals surface area contributed by atoms with Crippen LogP contribution in [0.25, 0.3) is 0 Å². The number of hydrogen-bond donors (Lipinski definition) is 0. The van der Waals surface area contributed by atoms with Crippen LogP contribution in [0.1, 0.15) is 6.42 Å². The van der Waals surface area contributed by atoms with Gasteiger partial charge in [-0.1, -0.05) is 23.4 Å². The zero-order valence-corrected chi connectivity index (χ0v) is 10.3. The monoisotopic (exact) mass is 277 g/mol. The lowest BCUT2D eigenvalue weighted by atomic mass is 10.5. The van der Waals surface area contributed by atoms with Gasteiger partial charge in [0.25, 0.3) is 0 Å². The van der Waals surface area contributed by atoms with Gasteiger partial charge in [-0.05, 0) is 0 Å². The number of nitrogens with zero attached hydrogens (tertiary/aromatic N) is 3. The summed E-state index contributed by atoms with van der Waals surface area (Å²) in [6.07, 6.45) is 1.27. The molecule has 7 nitrogen and oxygen atoms in total. The van der Waals surface area contributed by atoms with Crippen LogP contribution >= 0.6 is 23.4 Å². The molecule has 1 rings (SSSR count). The molecular weight excluding hydrogens is 270 g/mol. The molecule has 0 bridgehead atoms. The van der Waals surface area contributed by atoms with Crippen molar-refractivity contribution in [2.75, 3.05) is 12.9 Å². The summed E-state index contributed by atoms with van der Waals surface area (Å²) in [5, 5.41) is 10.7. The Kier molecular flexibility index (Phi) is 5.11. The molecule has 0 aliphatic carbocycles. The van der Waals surface area contributed by atoms with E-state index in [9.17, 15) is 14.9 Å². The molecule has 0 amide bonds. The van der Waals surface area contributed by atoms with Crippen molar-refractivity contribution in [3.05, 3.63) is 21.6 Å². The summed E-state index contributed by atoms with van der Waals surface area (Å²) in [6.45, 7) is 0. The van der Waals surface area contributed by atoms with E-state index < -0.39 is 4.92 Å². The minimum atomic E-state index is -0.650.